The van der Waals surface area contributed by atoms with E-state index in [2.05, 4.69) is 6.92 Å². The van der Waals surface area contributed by atoms with E-state index in [4.69, 9.17) is 6.11 Å². The predicted molar refractivity (Wildman–Crippen MR) is 130 cm³/mol. The minimum absolute atomic E-state index is 0.0262. The minimum Gasteiger partial charge on any atom is -0.463 e. The smallest absolute Gasteiger partial charge is 0.431 e. The van der Waals surface area contributed by atoms with Gasteiger partial charge in [0.15, 0.2) is 5.78 Å². The van der Waals surface area contributed by atoms with E-state index >= 15 is 0 Å². The lowest BCUT2D eigenvalue weighted by atomic mass is 9.48. The zero-order chi connectivity index (χ0) is 30.1. The van der Waals surface area contributed by atoms with Crippen LogP contribution in [0.5, 0.6) is 0 Å². The molecule has 4 aliphatic rings. The van der Waals surface area contributed by atoms with Crippen LogP contribution in [0.1, 0.15) is 99.7 Å². The van der Waals surface area contributed by atoms with E-state index in [1.54, 1.807) is 6.92 Å². The Morgan fingerprint density at radius 2 is 1.72 bits per heavy atom. The number of carbonyl (C=O) groups is 2. The van der Waals surface area contributed by atoms with E-state index in [-0.39, 0.29) is 47.9 Å². The number of rotatable bonds is 6. The van der Waals surface area contributed by atoms with Gasteiger partial charge in [-0.1, -0.05) is 32.8 Å². The number of fused-ring (bicyclic) bond motifs is 4. The molecule has 0 aromatic heterocycles. The zero-order valence-corrected chi connectivity index (χ0v) is 22.9. The number of alkyl halides is 7. The van der Waals surface area contributed by atoms with Gasteiger partial charge in [-0.25, -0.2) is 4.39 Å². The van der Waals surface area contributed by atoms with Crippen LogP contribution in [-0.4, -0.2) is 35.9 Å². The summed E-state index contributed by atoms with van der Waals surface area (Å²) >= 11 is 0. The Balaban J connectivity index is 1.53. The van der Waals surface area contributed by atoms with Gasteiger partial charge >= 0.3 is 18.3 Å². The molecule has 0 bridgehead atoms. The molecule has 0 amide bonds. The molecule has 0 aliphatic heterocycles. The normalized spacial score (nSPS) is 37.4. The van der Waals surface area contributed by atoms with Gasteiger partial charge in [-0.2, -0.15) is 26.3 Å². The van der Waals surface area contributed by atoms with E-state index in [9.17, 15) is 40.3 Å². The number of hydrogen-bond donors (Lipinski definition) is 0. The van der Waals surface area contributed by atoms with Crippen LogP contribution in [-0.2, 0) is 14.3 Å². The van der Waals surface area contributed by atoms with Crippen molar-refractivity contribution in [2.45, 2.75) is 122 Å². The van der Waals surface area contributed by atoms with E-state index in [1.807, 2.05) is 6.92 Å². The summed E-state index contributed by atoms with van der Waals surface area (Å²) < 4.78 is 106. The molecule has 0 aromatic rings. The van der Waals surface area contributed by atoms with E-state index in [1.165, 1.54) is 6.92 Å². The topological polar surface area (TPSA) is 43.4 Å². The molecule has 0 unspecified atom stereocenters. The average molecular weight is 571 g/mol. The molecular weight excluding hydrogens is 529 g/mol. The molecule has 8 atom stereocenters. The Labute approximate surface area is 226 Å². The average Bonchev–Trinajstić information content (AvgIpc) is 3.08. The first kappa shape index (κ1) is 28.9. The highest BCUT2D eigenvalue weighted by molar-refractivity contribution is 6.00. The van der Waals surface area contributed by atoms with Crippen LogP contribution in [0.2, 0.25) is 0 Å². The summed E-state index contributed by atoms with van der Waals surface area (Å²) in [6, 6.07) is 0. The molecule has 3 fully saturated rings. The molecule has 4 aliphatic carbocycles. The summed E-state index contributed by atoms with van der Waals surface area (Å²) in [7, 11) is 0. The van der Waals surface area contributed by atoms with Crippen molar-refractivity contribution >= 4 is 11.8 Å². The fourth-order valence-electron chi connectivity index (χ4n) is 8.60. The fourth-order valence-corrected chi connectivity index (χ4v) is 8.60. The summed E-state index contributed by atoms with van der Waals surface area (Å²) in [6.45, 7) is 7.28. The molecule has 222 valence electrons. The molecule has 0 heterocycles. The van der Waals surface area contributed by atoms with Crippen molar-refractivity contribution in [1.29, 1.82) is 0 Å². The van der Waals surface area contributed by atoms with Gasteiger partial charge in [-0.3, -0.25) is 9.59 Å². The van der Waals surface area contributed by atoms with Crippen LogP contribution < -0.4 is 0 Å². The Hall–Kier alpha value is -1.61. The van der Waals surface area contributed by atoms with Crippen molar-refractivity contribution in [2.24, 2.45) is 34.5 Å². The van der Waals surface area contributed by atoms with Gasteiger partial charge in [-0.15, -0.1) is 0 Å². The number of halogens is 7. The number of ketones is 1. The van der Waals surface area contributed by atoms with Crippen molar-refractivity contribution in [3.05, 3.63) is 11.1 Å². The molecule has 0 radical (unpaired) electrons. The van der Waals surface area contributed by atoms with Crippen LogP contribution in [0.15, 0.2) is 11.1 Å². The van der Waals surface area contributed by atoms with Gasteiger partial charge in [0.1, 0.15) is 6.10 Å². The number of hydrogen-bond acceptors (Lipinski definition) is 3. The van der Waals surface area contributed by atoms with Gasteiger partial charge in [0.2, 0.25) is 0 Å². The van der Waals surface area contributed by atoms with Crippen LogP contribution in [0, 0.1) is 34.5 Å². The molecule has 0 spiro atoms. The second-order valence-electron chi connectivity index (χ2n) is 12.9. The Morgan fingerprint density at radius 3 is 2.31 bits per heavy atom. The lowest BCUT2D eigenvalue weighted by Crippen LogP contribution is -2.53. The number of esters is 1. The first-order valence-corrected chi connectivity index (χ1v) is 13.9. The number of allylic oxidation sites excluding steroid dienone is 2. The maximum absolute atomic E-state index is 14.3. The largest absolute Gasteiger partial charge is 0.463 e. The summed E-state index contributed by atoms with van der Waals surface area (Å²) in [5, 5.41) is 0. The fraction of sp³-hybridized carbons (Fsp3) is 0.862. The lowest BCUT2D eigenvalue weighted by Gasteiger charge is -2.56. The second kappa shape index (κ2) is 10.0. The van der Waals surface area contributed by atoms with Crippen molar-refractivity contribution in [3.63, 3.8) is 0 Å². The molecular formula is C29H39F7O3. The molecule has 4 rings (SSSR count). The van der Waals surface area contributed by atoms with E-state index in [0.29, 0.717) is 12.3 Å². The van der Waals surface area contributed by atoms with Crippen LogP contribution >= 0.6 is 0 Å². The maximum atomic E-state index is 14.3. The maximum Gasteiger partial charge on any atom is 0.431 e. The number of ether oxygens (including phenoxy) is 1. The Kier molecular flexibility index (Phi) is 7.44. The minimum atomic E-state index is -6.18. The lowest BCUT2D eigenvalue weighted by molar-refractivity contribution is -0.343. The number of Topliss-reactive ketones (excluding diaryl/α,β-unsaturated/α-hetero) is 1. The van der Waals surface area contributed by atoms with Gasteiger partial charge in [0.25, 0.3) is 5.67 Å². The standard InChI is InChI=1S/C29H39F7O3/c1-16(6-5-11-27(30,28(31,32)33)29(34,35)36)22-15-23(38)24-20-8-7-18-14-19(39-17(2)37)9-12-25(18,3)21(20)10-13-26(22,24)4/h16,18-19,21-22H,5-15H2,1-4H3/t16-,18+,19+,21+,22-,25+,26-/m1/s1/i5T/t5-,16+,18-,19-,21-,22+,25-,26+/m0. The molecule has 0 N–H and O–H groups in total. The van der Waals surface area contributed by atoms with Crippen LogP contribution in [0.25, 0.3) is 0 Å². The second-order valence-corrected chi connectivity index (χ2v) is 12.9. The molecule has 39 heavy (non-hydrogen) atoms. The van der Waals surface area contributed by atoms with Crippen molar-refractivity contribution in [1.82, 2.24) is 0 Å². The van der Waals surface area contributed by atoms with Crippen molar-refractivity contribution in [3.8, 4) is 0 Å². The summed E-state index contributed by atoms with van der Waals surface area (Å²) in [5.74, 6) is -0.652. The van der Waals surface area contributed by atoms with Gasteiger partial charge in [0.05, 0.1) is 0 Å². The Bertz CT molecular complexity index is 1040. The quantitative estimate of drug-likeness (QED) is 0.238. The van der Waals surface area contributed by atoms with E-state index in [0.717, 1.165) is 49.7 Å². The van der Waals surface area contributed by atoms with Gasteiger partial charge in [0, 0.05) is 20.3 Å². The molecule has 0 saturated heterocycles. The van der Waals surface area contributed by atoms with Crippen LogP contribution in [0.3, 0.4) is 0 Å². The molecule has 3 nitrogen and oxygen atoms in total. The molecule has 3 saturated carbocycles. The molecule has 0 aromatic carbocycles. The Morgan fingerprint density at radius 1 is 1.08 bits per heavy atom. The van der Waals surface area contributed by atoms with Crippen molar-refractivity contribution in [2.75, 3.05) is 0 Å². The summed E-state index contributed by atoms with van der Waals surface area (Å²) in [6.07, 6.45) is -11.2. The summed E-state index contributed by atoms with van der Waals surface area (Å²) in [5.41, 5.74) is -4.17. The molecule has 10 heteroatoms. The zero-order valence-electron chi connectivity index (χ0n) is 23.9. The third-order valence-corrected chi connectivity index (χ3v) is 10.7. The van der Waals surface area contributed by atoms with Crippen molar-refractivity contribution < 1.29 is 46.4 Å². The third kappa shape index (κ3) is 5.04. The first-order chi connectivity index (χ1) is 18.2. The predicted octanol–water partition coefficient (Wildman–Crippen LogP) is 8.46. The highest BCUT2D eigenvalue weighted by Crippen LogP contribution is 2.65. The highest BCUT2D eigenvalue weighted by atomic mass is 19.4. The van der Waals surface area contributed by atoms with Gasteiger partial charge < -0.3 is 4.74 Å². The number of carbonyl (C=O) groups excluding carboxylic acids is 2. The van der Waals surface area contributed by atoms with Gasteiger partial charge in [-0.05, 0) is 92.3 Å². The first-order valence-electron chi connectivity index (χ1n) is 14.5. The monoisotopic (exact) mass is 570 g/mol. The third-order valence-electron chi connectivity index (χ3n) is 10.7. The highest BCUT2D eigenvalue weighted by Gasteiger charge is 2.71. The summed E-state index contributed by atoms with van der Waals surface area (Å²) in [4.78, 5) is 25.0. The van der Waals surface area contributed by atoms with E-state index < -0.39 is 42.2 Å². The van der Waals surface area contributed by atoms with Crippen LogP contribution in [0.4, 0.5) is 30.7 Å². The SMILES string of the molecule is [3H][C@@H](C[C@@H](C)[C@H]1CC(=O)C2=C3CC[C@H]4C[C@@H](OC(C)=O)CC[C@]4(C)[C@H]3CC[C@@]21C)CC(F)(C(F)(F)F)C(F)(F)F.